The van der Waals surface area contributed by atoms with Crippen molar-refractivity contribution < 1.29 is 91.7 Å². The number of carbonyl (C=O) groups excluding carboxylic acids is 16. The van der Waals surface area contributed by atoms with Gasteiger partial charge in [-0.05, 0) is 158 Å². The van der Waals surface area contributed by atoms with Gasteiger partial charge in [-0.15, -0.1) is 0 Å². The molecule has 0 unspecified atom stereocenters. The van der Waals surface area contributed by atoms with Crippen LogP contribution in [0.4, 0.5) is 0 Å². The van der Waals surface area contributed by atoms with Gasteiger partial charge in [0.05, 0.1) is 38.3 Å². The highest BCUT2D eigenvalue weighted by atomic mass is 16.4. The molecular weight excluding hydrogens is 1700 g/mol. The number of carbonyl (C=O) groups is 17. The molecular formula is C89H139N23O19. The first kappa shape index (κ1) is 111. The highest BCUT2D eigenvalue weighted by Gasteiger charge is 2.38. The average Bonchev–Trinajstić information content (AvgIpc) is 1.54. The van der Waals surface area contributed by atoms with Crippen molar-refractivity contribution in [2.75, 3.05) is 52.4 Å². The molecule has 0 saturated carbocycles. The Bertz CT molecular complexity index is 4290. The Morgan fingerprint density at radius 3 is 1.05 bits per heavy atom. The number of rotatable bonds is 63. The zero-order valence-corrected chi connectivity index (χ0v) is 76.2. The van der Waals surface area contributed by atoms with Crippen molar-refractivity contribution in [2.45, 2.75) is 256 Å². The molecule has 1 aromatic heterocycles. The van der Waals surface area contributed by atoms with E-state index in [1.54, 1.807) is 126 Å². The van der Waals surface area contributed by atoms with E-state index >= 15 is 0 Å². The number of amides is 16. The molecule has 42 heteroatoms. The molecule has 4 aromatic rings. The monoisotopic (exact) mass is 1830 g/mol. The maximum atomic E-state index is 14.7. The molecule has 0 saturated heterocycles. The summed E-state index contributed by atoms with van der Waals surface area (Å²) in [6, 6.07) is 6.25. The van der Waals surface area contributed by atoms with Gasteiger partial charge in [-0.3, -0.25) is 76.7 Å². The number of aliphatic hydroxyl groups excluding tert-OH is 1. The fourth-order valence-electron chi connectivity index (χ4n) is 13.7. The quantitative estimate of drug-likeness (QED) is 0.0188. The van der Waals surface area contributed by atoms with E-state index in [2.05, 4.69) is 95.0 Å². The highest BCUT2D eigenvalue weighted by molar-refractivity contribution is 6.01. The summed E-state index contributed by atoms with van der Waals surface area (Å²) in [6.07, 6.45) is 5.36. The molecule has 4 rings (SSSR count). The van der Waals surface area contributed by atoms with Crippen LogP contribution in [-0.2, 0) is 107 Å². The number of nitrogens with zero attached hydrogens (tertiary/aromatic N) is 1. The molecule has 0 fully saturated rings. The van der Waals surface area contributed by atoms with Gasteiger partial charge in [-0.2, -0.15) is 0 Å². The summed E-state index contributed by atoms with van der Waals surface area (Å²) >= 11 is 0. The lowest BCUT2D eigenvalue weighted by atomic mass is 9.98. The normalized spacial score (nSPS) is 14.6. The van der Waals surface area contributed by atoms with E-state index in [9.17, 15) is 91.7 Å². The van der Waals surface area contributed by atoms with Gasteiger partial charge in [0.15, 0.2) is 0 Å². The number of carboxylic acid groups (broad SMARTS) is 1. The van der Waals surface area contributed by atoms with E-state index in [-0.39, 0.29) is 121 Å². The molecule has 131 heavy (non-hydrogen) atoms. The number of nitrogens with one attached hydrogen (secondary N) is 17. The van der Waals surface area contributed by atoms with Gasteiger partial charge in [0.25, 0.3) is 0 Å². The third-order valence-corrected chi connectivity index (χ3v) is 21.4. The fraction of sp³-hybridized carbons (Fsp3) is 0.573. The second-order valence-electron chi connectivity index (χ2n) is 33.1. The molecule has 0 radical (unpaired) electrons. The van der Waals surface area contributed by atoms with Gasteiger partial charge in [0.2, 0.25) is 94.5 Å². The van der Waals surface area contributed by atoms with Crippen LogP contribution in [0, 0.1) is 17.8 Å². The van der Waals surface area contributed by atoms with Crippen molar-refractivity contribution >= 4 is 100 Å². The maximum absolute atomic E-state index is 14.7. The molecule has 29 N–H and O–H groups in total. The zero-order chi connectivity index (χ0) is 97.1. The Morgan fingerprint density at radius 2 is 0.679 bits per heavy atom. The van der Waals surface area contributed by atoms with Crippen LogP contribution in [0.3, 0.4) is 0 Å². The molecule has 0 spiro atoms. The van der Waals surface area contributed by atoms with Crippen LogP contribution < -0.4 is 114 Å². The number of benzene rings is 3. The Morgan fingerprint density at radius 1 is 0.351 bits per heavy atom. The smallest absolute Gasteiger partial charge is 0.326 e. The second kappa shape index (κ2) is 60.5. The van der Waals surface area contributed by atoms with Crippen LogP contribution in [0.1, 0.15) is 168 Å². The minimum Gasteiger partial charge on any atom is -0.480 e. The standard InChI is InChI=1S/C89H139N23O19/c1-9-54(6)75(111-71(114)46-94)88(129)97-49-73(116)102-62(34-20-24-38-91)80(121)108-67(43-58-29-15-11-16-30-58)84(125)106-65(41-52(2)3)83(124)109-69(45-60-47-95-51-98-60)85(126)110-70(50-113)87(128)100-55(7)76(117)103-63(35-21-25-39-92)81(122)104-64(36-22-26-40-93)82(123)107-66(42-57-27-13-10-14-28-57)78(119)96-48-72(115)101-61(33-19-23-37-90)79(120)99-56(8)77(118)105-68(44-59-31-17-12-18-32-59)86(127)112-74(53(4)5)89(130)131/h10-18,27-32,47,51-56,61-70,74-75,113H,9,19-26,33-46,48-50,90-94H2,1-8H3,(H,95,98)(H,96,119)(H,97,129)(H,99,120)(H,100,128)(H,101,115)(H,102,116)(H,103,117)(H,104,122)(H,105,118)(H,106,125)(H,107,123)(H,108,121)(H,109,124)(H,110,126)(H,111,114)(H,112,127)(H,130,131)/t54-,55-,56-,61-,62-,63-,64-,65-,66-,67-,68-,69-,70-,74-,75-/m0/s1. The van der Waals surface area contributed by atoms with E-state index in [1.165, 1.54) is 26.4 Å². The number of carboxylic acids is 1. The summed E-state index contributed by atoms with van der Waals surface area (Å²) in [5, 5.41) is 62.1. The van der Waals surface area contributed by atoms with Crippen LogP contribution in [-0.4, -0.2) is 258 Å². The van der Waals surface area contributed by atoms with Crippen LogP contribution in [0.15, 0.2) is 104 Å². The van der Waals surface area contributed by atoms with E-state index in [0.717, 1.165) is 0 Å². The van der Waals surface area contributed by atoms with E-state index < -0.39 is 211 Å². The van der Waals surface area contributed by atoms with Gasteiger partial charge in [-0.25, -0.2) is 9.78 Å². The topological polar surface area (TPSA) is 682 Å². The van der Waals surface area contributed by atoms with Crippen LogP contribution >= 0.6 is 0 Å². The van der Waals surface area contributed by atoms with Crippen molar-refractivity contribution in [3.8, 4) is 0 Å². The first-order valence-corrected chi connectivity index (χ1v) is 44.7. The molecule has 0 aliphatic rings. The molecule has 42 nitrogen and oxygen atoms in total. The maximum Gasteiger partial charge on any atom is 0.326 e. The Hall–Kier alpha value is -12.4. The van der Waals surface area contributed by atoms with E-state index in [1.807, 2.05) is 6.92 Å². The first-order valence-electron chi connectivity index (χ1n) is 44.7. The van der Waals surface area contributed by atoms with Crippen molar-refractivity contribution in [3.63, 3.8) is 0 Å². The number of imidazole rings is 1. The lowest BCUT2D eigenvalue weighted by molar-refractivity contribution is -0.143. The highest BCUT2D eigenvalue weighted by Crippen LogP contribution is 2.16. The van der Waals surface area contributed by atoms with Crippen molar-refractivity contribution in [3.05, 3.63) is 126 Å². The summed E-state index contributed by atoms with van der Waals surface area (Å²) in [5.74, 6) is -16.0. The van der Waals surface area contributed by atoms with Gasteiger partial charge < -0.3 is 129 Å². The molecule has 16 amide bonds. The third kappa shape index (κ3) is 41.5. The fourth-order valence-corrected chi connectivity index (χ4v) is 13.7. The molecule has 15 atom stereocenters. The third-order valence-electron chi connectivity index (χ3n) is 21.4. The SMILES string of the molecule is CC[C@H](C)[C@H](NC(=O)CN)C(=O)NCC(=O)N[C@@H](CCCCN)C(=O)N[C@@H](Cc1ccccc1)C(=O)N[C@@H](CC(C)C)C(=O)N[C@@H](Cc1c[nH]cn1)C(=O)N[C@@H](CO)C(=O)N[C@@H](C)C(=O)N[C@@H](CCCCN)C(=O)N[C@@H](CCCCN)C(=O)N[C@@H](Cc1ccccc1)C(=O)NCC(=O)N[C@@H](CCCCN)C(=O)N[C@@H](C)C(=O)N[C@@H](Cc1ccccc1)C(=O)N[C@H](C(=O)O)C(C)C. The number of aliphatic carboxylic acids is 1. The number of aliphatic hydroxyl groups is 1. The van der Waals surface area contributed by atoms with Gasteiger partial charge >= 0.3 is 5.97 Å². The summed E-state index contributed by atoms with van der Waals surface area (Å²) < 4.78 is 0. The molecule has 0 aliphatic carbocycles. The Balaban J connectivity index is 1.52. The van der Waals surface area contributed by atoms with Gasteiger partial charge in [-0.1, -0.05) is 139 Å². The molecule has 724 valence electrons. The second-order valence-corrected chi connectivity index (χ2v) is 33.1. The van der Waals surface area contributed by atoms with Crippen molar-refractivity contribution in [1.29, 1.82) is 0 Å². The van der Waals surface area contributed by atoms with E-state index in [4.69, 9.17) is 28.7 Å². The number of aromatic nitrogens is 2. The zero-order valence-electron chi connectivity index (χ0n) is 76.2. The number of hydrogen-bond donors (Lipinski definition) is 24. The molecule has 0 aliphatic heterocycles. The van der Waals surface area contributed by atoms with Crippen molar-refractivity contribution in [1.82, 2.24) is 95.0 Å². The number of hydrogen-bond acceptors (Lipinski definition) is 24. The summed E-state index contributed by atoms with van der Waals surface area (Å²) in [4.78, 5) is 244. The molecule has 1 heterocycles. The van der Waals surface area contributed by atoms with E-state index in [0.29, 0.717) is 61.6 Å². The Kier molecular flexibility index (Phi) is 51.2. The predicted octanol–water partition coefficient (Wildman–Crippen LogP) is -3.96. The Labute approximate surface area is 764 Å². The number of aromatic amines is 1. The van der Waals surface area contributed by atoms with Crippen molar-refractivity contribution in [2.24, 2.45) is 46.4 Å². The summed E-state index contributed by atoms with van der Waals surface area (Å²) in [7, 11) is 0. The lowest BCUT2D eigenvalue weighted by Gasteiger charge is -2.28. The van der Waals surface area contributed by atoms with Crippen LogP contribution in [0.2, 0.25) is 0 Å². The summed E-state index contributed by atoms with van der Waals surface area (Å²) in [5.41, 5.74) is 30.8. The lowest BCUT2D eigenvalue weighted by Crippen LogP contribution is -2.61. The van der Waals surface area contributed by atoms with Gasteiger partial charge in [0, 0.05) is 31.9 Å². The number of unbranched alkanes of at least 4 members (excludes halogenated alkanes) is 4. The largest absolute Gasteiger partial charge is 0.480 e. The minimum absolute atomic E-state index is 0.0236. The number of H-pyrrole nitrogens is 1. The van der Waals surface area contributed by atoms with Crippen LogP contribution in [0.5, 0.6) is 0 Å². The average molecular weight is 1840 g/mol. The van der Waals surface area contributed by atoms with Crippen LogP contribution in [0.25, 0.3) is 0 Å². The minimum atomic E-state index is -1.81. The van der Waals surface area contributed by atoms with Gasteiger partial charge in [0.1, 0.15) is 84.6 Å². The molecule has 3 aromatic carbocycles. The predicted molar refractivity (Wildman–Crippen MR) is 486 cm³/mol. The first-order chi connectivity index (χ1) is 62.5. The molecule has 0 bridgehead atoms. The number of nitrogens with two attached hydrogens (primary N) is 5. The summed E-state index contributed by atoms with van der Waals surface area (Å²) in [6.45, 7) is 11.0.